The molecule has 0 aliphatic carbocycles. The summed E-state index contributed by atoms with van der Waals surface area (Å²) in [5.74, 6) is 0.970. The second kappa shape index (κ2) is 4.10. The van der Waals surface area contributed by atoms with Crippen LogP contribution in [0.1, 0.15) is 50.8 Å². The molecule has 0 unspecified atom stereocenters. The Morgan fingerprint density at radius 2 is 2.06 bits per heavy atom. The topological polar surface area (TPSA) is 35.2 Å². The predicted molar refractivity (Wildman–Crippen MR) is 66.8 cm³/mol. The second-order valence-electron chi connectivity index (χ2n) is 5.60. The smallest absolute Gasteiger partial charge is 0.124 e. The van der Waals surface area contributed by atoms with Gasteiger partial charge in [0.1, 0.15) is 5.75 Å². The molecule has 2 heteroatoms. The average molecular weight is 219 g/mol. The predicted octanol–water partition coefficient (Wildman–Crippen LogP) is 3.16. The Morgan fingerprint density at radius 3 is 2.75 bits per heavy atom. The minimum atomic E-state index is 0.125. The fourth-order valence-corrected chi connectivity index (χ4v) is 2.08. The summed E-state index contributed by atoms with van der Waals surface area (Å²) in [5, 5.41) is 0. The van der Waals surface area contributed by atoms with Crippen molar-refractivity contribution in [2.75, 3.05) is 6.61 Å². The van der Waals surface area contributed by atoms with Gasteiger partial charge in [-0.3, -0.25) is 0 Å². The zero-order chi connectivity index (χ0) is 11.8. The monoisotopic (exact) mass is 219 g/mol. The van der Waals surface area contributed by atoms with E-state index in [2.05, 4.69) is 39.0 Å². The van der Waals surface area contributed by atoms with Crippen molar-refractivity contribution < 1.29 is 4.74 Å². The van der Waals surface area contributed by atoms with E-state index in [4.69, 9.17) is 10.5 Å². The molecule has 0 radical (unpaired) electrons. The number of ether oxygens (including phenoxy) is 1. The highest BCUT2D eigenvalue weighted by Gasteiger charge is 2.20. The Balaban J connectivity index is 2.43. The van der Waals surface area contributed by atoms with Crippen LogP contribution < -0.4 is 10.5 Å². The summed E-state index contributed by atoms with van der Waals surface area (Å²) in [7, 11) is 0. The maximum atomic E-state index is 6.18. The maximum Gasteiger partial charge on any atom is 0.124 e. The lowest BCUT2D eigenvalue weighted by Crippen LogP contribution is -2.14. The van der Waals surface area contributed by atoms with Crippen LogP contribution in [0.2, 0.25) is 0 Å². The van der Waals surface area contributed by atoms with Gasteiger partial charge < -0.3 is 10.5 Å². The summed E-state index contributed by atoms with van der Waals surface area (Å²) in [6.07, 6.45) is 2.06. The van der Waals surface area contributed by atoms with Gasteiger partial charge in [-0.25, -0.2) is 0 Å². The summed E-state index contributed by atoms with van der Waals surface area (Å²) >= 11 is 0. The number of fused-ring (bicyclic) bond motifs is 1. The van der Waals surface area contributed by atoms with E-state index in [9.17, 15) is 0 Å². The lowest BCUT2D eigenvalue weighted by atomic mass is 9.85. The molecule has 0 bridgehead atoms. The van der Waals surface area contributed by atoms with Crippen molar-refractivity contribution in [3.05, 3.63) is 29.3 Å². The lowest BCUT2D eigenvalue weighted by molar-refractivity contribution is 0.316. The van der Waals surface area contributed by atoms with Crippen molar-refractivity contribution in [1.82, 2.24) is 0 Å². The molecule has 1 aromatic rings. The SMILES string of the molecule is CC(C)(C)c1ccc2c(c1)[C@@H](N)CCCO2. The molecule has 2 rings (SSSR count). The van der Waals surface area contributed by atoms with Crippen LogP contribution >= 0.6 is 0 Å². The van der Waals surface area contributed by atoms with E-state index >= 15 is 0 Å². The zero-order valence-electron chi connectivity index (χ0n) is 10.4. The zero-order valence-corrected chi connectivity index (χ0v) is 10.4. The molecule has 16 heavy (non-hydrogen) atoms. The summed E-state index contributed by atoms with van der Waals surface area (Å²) in [4.78, 5) is 0. The van der Waals surface area contributed by atoms with Gasteiger partial charge in [-0.05, 0) is 29.9 Å². The van der Waals surface area contributed by atoms with Crippen LogP contribution in [-0.4, -0.2) is 6.61 Å². The molecule has 1 aromatic carbocycles. The molecular weight excluding hydrogens is 198 g/mol. The minimum Gasteiger partial charge on any atom is -0.493 e. The first-order chi connectivity index (χ1) is 7.48. The summed E-state index contributed by atoms with van der Waals surface area (Å²) in [6, 6.07) is 6.56. The molecule has 0 saturated heterocycles. The van der Waals surface area contributed by atoms with Crippen molar-refractivity contribution in [2.24, 2.45) is 5.73 Å². The molecule has 0 aromatic heterocycles. The highest BCUT2D eigenvalue weighted by atomic mass is 16.5. The molecule has 1 atom stereocenters. The van der Waals surface area contributed by atoms with Crippen molar-refractivity contribution >= 4 is 0 Å². The Bertz CT molecular complexity index is 379. The van der Waals surface area contributed by atoms with Gasteiger partial charge in [-0.2, -0.15) is 0 Å². The molecule has 0 amide bonds. The fraction of sp³-hybridized carbons (Fsp3) is 0.571. The van der Waals surface area contributed by atoms with Crippen molar-refractivity contribution in [3.63, 3.8) is 0 Å². The Morgan fingerprint density at radius 1 is 1.31 bits per heavy atom. The van der Waals surface area contributed by atoms with Crippen LogP contribution in [0.3, 0.4) is 0 Å². The number of benzene rings is 1. The first-order valence-corrected chi connectivity index (χ1v) is 6.01. The number of nitrogens with two attached hydrogens (primary N) is 1. The standard InChI is InChI=1S/C14H21NO/c1-14(2,3)10-6-7-13-11(9-10)12(15)5-4-8-16-13/h6-7,9,12H,4-5,8,15H2,1-3H3/t12-/m0/s1. The normalized spacial score (nSPS) is 20.9. The van der Waals surface area contributed by atoms with E-state index in [1.165, 1.54) is 11.1 Å². The van der Waals surface area contributed by atoms with Gasteiger partial charge in [0, 0.05) is 11.6 Å². The van der Waals surface area contributed by atoms with Crippen LogP contribution in [0.15, 0.2) is 18.2 Å². The third kappa shape index (κ3) is 2.22. The highest BCUT2D eigenvalue weighted by molar-refractivity contribution is 5.42. The first-order valence-electron chi connectivity index (χ1n) is 6.01. The van der Waals surface area contributed by atoms with Crippen LogP contribution in [0.5, 0.6) is 5.75 Å². The average Bonchev–Trinajstić information content (AvgIpc) is 2.39. The molecule has 2 N–H and O–H groups in total. The van der Waals surface area contributed by atoms with Crippen LogP contribution in [-0.2, 0) is 5.41 Å². The fourth-order valence-electron chi connectivity index (χ4n) is 2.08. The van der Waals surface area contributed by atoms with E-state index < -0.39 is 0 Å². The van der Waals surface area contributed by atoms with Gasteiger partial charge in [-0.15, -0.1) is 0 Å². The Hall–Kier alpha value is -1.02. The number of rotatable bonds is 0. The molecular formula is C14H21NO. The molecule has 88 valence electrons. The van der Waals surface area contributed by atoms with E-state index in [-0.39, 0.29) is 11.5 Å². The summed E-state index contributed by atoms with van der Waals surface area (Å²) in [6.45, 7) is 7.45. The van der Waals surface area contributed by atoms with Gasteiger partial charge in [0.2, 0.25) is 0 Å². The van der Waals surface area contributed by atoms with Gasteiger partial charge >= 0.3 is 0 Å². The molecule has 2 nitrogen and oxygen atoms in total. The van der Waals surface area contributed by atoms with Gasteiger partial charge in [0.25, 0.3) is 0 Å². The summed E-state index contributed by atoms with van der Waals surface area (Å²) in [5.41, 5.74) is 8.84. The quantitative estimate of drug-likeness (QED) is 0.727. The Labute approximate surface area is 97.8 Å². The first kappa shape index (κ1) is 11.5. The van der Waals surface area contributed by atoms with Crippen LogP contribution in [0, 0.1) is 0 Å². The molecule has 0 fully saturated rings. The van der Waals surface area contributed by atoms with Gasteiger partial charge in [0.05, 0.1) is 6.61 Å². The van der Waals surface area contributed by atoms with E-state index in [1.54, 1.807) is 0 Å². The van der Waals surface area contributed by atoms with E-state index in [0.29, 0.717) is 0 Å². The molecule has 1 aliphatic rings. The maximum absolute atomic E-state index is 6.18. The molecule has 1 aliphatic heterocycles. The molecule has 1 heterocycles. The molecule has 0 spiro atoms. The van der Waals surface area contributed by atoms with Crippen molar-refractivity contribution in [1.29, 1.82) is 0 Å². The summed E-state index contributed by atoms with van der Waals surface area (Å²) < 4.78 is 5.71. The largest absolute Gasteiger partial charge is 0.493 e. The number of hydrogen-bond donors (Lipinski definition) is 1. The highest BCUT2D eigenvalue weighted by Crippen LogP contribution is 2.34. The van der Waals surface area contributed by atoms with E-state index in [1.807, 2.05) is 0 Å². The third-order valence-electron chi connectivity index (χ3n) is 3.19. The van der Waals surface area contributed by atoms with Crippen molar-refractivity contribution in [3.8, 4) is 5.75 Å². The number of hydrogen-bond acceptors (Lipinski definition) is 2. The van der Waals surface area contributed by atoms with Crippen LogP contribution in [0.4, 0.5) is 0 Å². The lowest BCUT2D eigenvalue weighted by Gasteiger charge is -2.22. The molecule has 0 saturated carbocycles. The van der Waals surface area contributed by atoms with Crippen LogP contribution in [0.25, 0.3) is 0 Å². The minimum absolute atomic E-state index is 0.125. The second-order valence-corrected chi connectivity index (χ2v) is 5.60. The van der Waals surface area contributed by atoms with E-state index in [0.717, 1.165) is 25.2 Å². The third-order valence-corrected chi connectivity index (χ3v) is 3.19. The van der Waals surface area contributed by atoms with Crippen molar-refractivity contribution in [2.45, 2.75) is 45.1 Å². The Kier molecular flexibility index (Phi) is 2.94. The van der Waals surface area contributed by atoms with Gasteiger partial charge in [-0.1, -0.05) is 32.9 Å². The van der Waals surface area contributed by atoms with Gasteiger partial charge in [0.15, 0.2) is 0 Å².